The predicted octanol–water partition coefficient (Wildman–Crippen LogP) is 3.88. The Bertz CT molecular complexity index is 814. The second-order valence-corrected chi connectivity index (χ2v) is 6.74. The van der Waals surface area contributed by atoms with Crippen molar-refractivity contribution in [2.24, 2.45) is 0 Å². The van der Waals surface area contributed by atoms with E-state index in [2.05, 4.69) is 22.3 Å². The molecule has 3 aliphatic carbocycles. The molecule has 0 saturated heterocycles. The molecule has 0 spiro atoms. The van der Waals surface area contributed by atoms with Gasteiger partial charge in [0.25, 0.3) is 0 Å². The van der Waals surface area contributed by atoms with E-state index in [9.17, 15) is 13.9 Å². The van der Waals surface area contributed by atoms with Gasteiger partial charge in [-0.3, -0.25) is 0 Å². The van der Waals surface area contributed by atoms with Crippen molar-refractivity contribution in [1.82, 2.24) is 10.2 Å². The van der Waals surface area contributed by atoms with Gasteiger partial charge < -0.3 is 5.11 Å². The van der Waals surface area contributed by atoms with Gasteiger partial charge in [0.15, 0.2) is 0 Å². The Kier molecular flexibility index (Phi) is 3.49. The lowest BCUT2D eigenvalue weighted by atomic mass is 9.67. The minimum atomic E-state index is -0.649. The van der Waals surface area contributed by atoms with E-state index in [1.165, 1.54) is 18.2 Å². The first kappa shape index (κ1) is 15.4. The fourth-order valence-electron chi connectivity index (χ4n) is 4.05. The SMILES string of the molecule is CC(O)[C@@]12CC=C[C@@H](CC1)c1cc(-c3c(F)cccc3F)nnc12. The van der Waals surface area contributed by atoms with Crippen LogP contribution in [0, 0.1) is 11.6 Å². The average molecular weight is 328 g/mol. The summed E-state index contributed by atoms with van der Waals surface area (Å²) in [5, 5.41) is 18.8. The summed E-state index contributed by atoms with van der Waals surface area (Å²) in [5.41, 5.74) is 1.27. The minimum Gasteiger partial charge on any atom is -0.392 e. The fraction of sp³-hybridized carbons (Fsp3) is 0.368. The number of aliphatic hydroxyl groups is 1. The van der Waals surface area contributed by atoms with Crippen molar-refractivity contribution in [1.29, 1.82) is 0 Å². The third kappa shape index (κ3) is 2.11. The summed E-state index contributed by atoms with van der Waals surface area (Å²) in [6.07, 6.45) is 6.05. The lowest BCUT2D eigenvalue weighted by Gasteiger charge is -2.39. The maximum absolute atomic E-state index is 14.1. The van der Waals surface area contributed by atoms with Crippen LogP contribution >= 0.6 is 0 Å². The van der Waals surface area contributed by atoms with Gasteiger partial charge in [-0.15, -0.1) is 5.10 Å². The Labute approximate surface area is 139 Å². The Morgan fingerprint density at radius 1 is 1.25 bits per heavy atom. The molecule has 3 nitrogen and oxygen atoms in total. The molecule has 0 fully saturated rings. The second kappa shape index (κ2) is 5.45. The van der Waals surface area contributed by atoms with Crippen molar-refractivity contribution < 1.29 is 13.9 Å². The Balaban J connectivity index is 1.92. The standard InChI is InChI=1S/C19H18F2N2O/c1-11(24)19-8-3-4-12(7-9-19)13-10-16(22-23-18(13)19)17-14(20)5-2-6-15(17)21/h2-6,10-12,24H,7-9H2,1H3/t11?,12-,19+/m0/s1. The number of hydrogen-bond donors (Lipinski definition) is 1. The number of nitrogens with zero attached hydrogens (tertiary/aromatic N) is 2. The van der Waals surface area contributed by atoms with Crippen LogP contribution in [0.5, 0.6) is 0 Å². The van der Waals surface area contributed by atoms with Crippen LogP contribution in [0.1, 0.15) is 43.4 Å². The predicted molar refractivity (Wildman–Crippen MR) is 86.5 cm³/mol. The Hall–Kier alpha value is -2.14. The molecule has 1 unspecified atom stereocenters. The zero-order chi connectivity index (χ0) is 16.9. The van der Waals surface area contributed by atoms with Gasteiger partial charge >= 0.3 is 0 Å². The molecule has 24 heavy (non-hydrogen) atoms. The smallest absolute Gasteiger partial charge is 0.135 e. The minimum absolute atomic E-state index is 0.150. The lowest BCUT2D eigenvalue weighted by Crippen LogP contribution is -2.41. The topological polar surface area (TPSA) is 46.0 Å². The molecule has 124 valence electrons. The van der Waals surface area contributed by atoms with Crippen LogP contribution in [0.25, 0.3) is 11.3 Å². The van der Waals surface area contributed by atoms with E-state index in [0.29, 0.717) is 6.42 Å². The second-order valence-electron chi connectivity index (χ2n) is 6.74. The highest BCUT2D eigenvalue weighted by Gasteiger charge is 2.45. The number of benzene rings is 1. The van der Waals surface area contributed by atoms with Crippen molar-refractivity contribution in [3.63, 3.8) is 0 Å². The van der Waals surface area contributed by atoms with Gasteiger partial charge in [0, 0.05) is 11.3 Å². The van der Waals surface area contributed by atoms with Crippen LogP contribution in [0.4, 0.5) is 8.78 Å². The van der Waals surface area contributed by atoms with E-state index in [1.54, 1.807) is 13.0 Å². The molecule has 0 radical (unpaired) electrons. The molecule has 0 amide bonds. The number of hydrogen-bond acceptors (Lipinski definition) is 3. The summed E-state index contributed by atoms with van der Waals surface area (Å²) in [6.45, 7) is 1.77. The van der Waals surface area contributed by atoms with Crippen LogP contribution in [0.15, 0.2) is 36.4 Å². The number of fused-ring (bicyclic) bond motifs is 2. The lowest BCUT2D eigenvalue weighted by molar-refractivity contribution is 0.0817. The number of halogens is 2. The summed E-state index contributed by atoms with van der Waals surface area (Å²) >= 11 is 0. The number of aromatic nitrogens is 2. The number of rotatable bonds is 2. The van der Waals surface area contributed by atoms with Crippen LogP contribution in [0.2, 0.25) is 0 Å². The summed E-state index contributed by atoms with van der Waals surface area (Å²) in [5.74, 6) is -1.15. The Morgan fingerprint density at radius 3 is 2.71 bits per heavy atom. The maximum Gasteiger partial charge on any atom is 0.135 e. The summed E-state index contributed by atoms with van der Waals surface area (Å²) in [7, 11) is 0. The first-order valence-corrected chi connectivity index (χ1v) is 8.20. The third-order valence-electron chi connectivity index (χ3n) is 5.47. The van der Waals surface area contributed by atoms with E-state index >= 15 is 0 Å². The first-order valence-electron chi connectivity index (χ1n) is 8.20. The van der Waals surface area contributed by atoms with Crippen molar-refractivity contribution in [3.05, 3.63) is 59.3 Å². The van der Waals surface area contributed by atoms with Crippen LogP contribution in [0.3, 0.4) is 0 Å². The van der Waals surface area contributed by atoms with E-state index in [-0.39, 0.29) is 17.2 Å². The molecule has 1 aromatic carbocycles. The molecular formula is C19H18F2N2O. The molecule has 5 heteroatoms. The molecular weight excluding hydrogens is 310 g/mol. The van der Waals surface area contributed by atoms with Crippen molar-refractivity contribution >= 4 is 0 Å². The van der Waals surface area contributed by atoms with E-state index < -0.39 is 23.2 Å². The maximum atomic E-state index is 14.1. The van der Waals surface area contributed by atoms with Crippen molar-refractivity contribution in [3.8, 4) is 11.3 Å². The fourth-order valence-corrected chi connectivity index (χ4v) is 4.05. The van der Waals surface area contributed by atoms with Crippen molar-refractivity contribution in [2.75, 3.05) is 0 Å². The zero-order valence-corrected chi connectivity index (χ0v) is 13.3. The molecule has 2 aromatic rings. The zero-order valence-electron chi connectivity index (χ0n) is 13.3. The van der Waals surface area contributed by atoms with Gasteiger partial charge in [-0.2, -0.15) is 5.10 Å². The van der Waals surface area contributed by atoms with E-state index in [1.807, 2.05) is 0 Å². The number of allylic oxidation sites excluding steroid dienone is 2. The molecule has 3 atom stereocenters. The van der Waals surface area contributed by atoms with Gasteiger partial charge in [0.2, 0.25) is 0 Å². The molecule has 0 aliphatic heterocycles. The molecule has 1 heterocycles. The highest BCUT2D eigenvalue weighted by Crippen LogP contribution is 2.49. The third-order valence-corrected chi connectivity index (χ3v) is 5.47. The van der Waals surface area contributed by atoms with Gasteiger partial charge in [-0.25, -0.2) is 8.78 Å². The molecule has 5 rings (SSSR count). The van der Waals surface area contributed by atoms with Crippen LogP contribution in [-0.4, -0.2) is 21.4 Å². The van der Waals surface area contributed by atoms with Gasteiger partial charge in [0.1, 0.15) is 11.6 Å². The Morgan fingerprint density at radius 2 is 2.00 bits per heavy atom. The summed E-state index contributed by atoms with van der Waals surface area (Å²) < 4.78 is 28.2. The van der Waals surface area contributed by atoms with E-state index in [0.717, 1.165) is 24.1 Å². The summed E-state index contributed by atoms with van der Waals surface area (Å²) in [4.78, 5) is 0. The average Bonchev–Trinajstić information content (AvgIpc) is 2.87. The molecule has 1 N–H and O–H groups in total. The molecule has 1 aromatic heterocycles. The van der Waals surface area contributed by atoms with Gasteiger partial charge in [0.05, 0.1) is 23.1 Å². The molecule has 0 saturated carbocycles. The first-order chi connectivity index (χ1) is 11.5. The highest BCUT2D eigenvalue weighted by molar-refractivity contribution is 5.62. The monoisotopic (exact) mass is 328 g/mol. The van der Waals surface area contributed by atoms with Crippen LogP contribution < -0.4 is 0 Å². The van der Waals surface area contributed by atoms with Gasteiger partial charge in [-0.05, 0) is 49.9 Å². The molecule has 3 aliphatic rings. The van der Waals surface area contributed by atoms with Gasteiger partial charge in [-0.1, -0.05) is 18.2 Å². The normalized spacial score (nSPS) is 26.1. The quantitative estimate of drug-likeness (QED) is 0.851. The highest BCUT2D eigenvalue weighted by atomic mass is 19.1. The van der Waals surface area contributed by atoms with E-state index in [4.69, 9.17) is 0 Å². The number of aliphatic hydroxyl groups excluding tert-OH is 1. The van der Waals surface area contributed by atoms with Crippen LogP contribution in [-0.2, 0) is 5.41 Å². The largest absolute Gasteiger partial charge is 0.392 e. The van der Waals surface area contributed by atoms with Crippen molar-refractivity contribution in [2.45, 2.75) is 43.6 Å². The summed E-state index contributed by atoms with van der Waals surface area (Å²) in [6, 6.07) is 5.50. The molecule has 2 bridgehead atoms.